The molecule has 23 heavy (non-hydrogen) atoms. The SMILES string of the molecule is C[Si](C)(C)CCS[C@@H]1[C@H](O)[C@@H](CO)O[C@H]1n1ccc(N)nc1=O. The summed E-state index contributed by atoms with van der Waals surface area (Å²) in [7, 11) is -1.19. The lowest BCUT2D eigenvalue weighted by Crippen LogP contribution is -2.35. The van der Waals surface area contributed by atoms with E-state index in [2.05, 4.69) is 24.6 Å². The molecule has 1 aromatic rings. The second kappa shape index (κ2) is 7.35. The molecule has 1 saturated heterocycles. The van der Waals surface area contributed by atoms with Crippen LogP contribution in [-0.4, -0.2) is 57.7 Å². The number of thioether (sulfide) groups is 1. The van der Waals surface area contributed by atoms with Gasteiger partial charge in [0.1, 0.15) is 11.9 Å². The smallest absolute Gasteiger partial charge is 0.351 e. The van der Waals surface area contributed by atoms with E-state index in [1.165, 1.54) is 16.8 Å². The van der Waals surface area contributed by atoms with E-state index in [9.17, 15) is 15.0 Å². The van der Waals surface area contributed by atoms with Crippen LogP contribution in [0.1, 0.15) is 6.23 Å². The number of hydrogen-bond acceptors (Lipinski definition) is 7. The summed E-state index contributed by atoms with van der Waals surface area (Å²) in [5.41, 5.74) is 5.00. The van der Waals surface area contributed by atoms with Crippen molar-refractivity contribution in [1.29, 1.82) is 0 Å². The van der Waals surface area contributed by atoms with Gasteiger partial charge in [0.15, 0.2) is 6.23 Å². The van der Waals surface area contributed by atoms with E-state index in [0.29, 0.717) is 0 Å². The van der Waals surface area contributed by atoms with Crippen molar-refractivity contribution in [3.8, 4) is 0 Å². The van der Waals surface area contributed by atoms with Gasteiger partial charge in [-0.3, -0.25) is 4.57 Å². The number of nitrogens with two attached hydrogens (primary N) is 1. The van der Waals surface area contributed by atoms with Crippen molar-refractivity contribution in [2.45, 2.75) is 49.4 Å². The summed E-state index contributed by atoms with van der Waals surface area (Å²) in [5.74, 6) is 1.03. The highest BCUT2D eigenvalue weighted by Crippen LogP contribution is 2.37. The lowest BCUT2D eigenvalue weighted by atomic mass is 10.2. The second-order valence-corrected chi connectivity index (χ2v) is 13.8. The van der Waals surface area contributed by atoms with Gasteiger partial charge in [0.2, 0.25) is 0 Å². The Morgan fingerprint density at radius 2 is 2.17 bits per heavy atom. The van der Waals surface area contributed by atoms with Crippen LogP contribution in [0.2, 0.25) is 25.7 Å². The second-order valence-electron chi connectivity index (χ2n) is 6.93. The van der Waals surface area contributed by atoms with Crippen molar-refractivity contribution in [2.24, 2.45) is 0 Å². The minimum absolute atomic E-state index is 0.145. The molecule has 0 aliphatic carbocycles. The summed E-state index contributed by atoms with van der Waals surface area (Å²) in [6.07, 6.45) is -0.669. The Hall–Kier alpha value is -0.873. The maximum atomic E-state index is 12.1. The minimum atomic E-state index is -1.19. The molecule has 0 radical (unpaired) electrons. The molecule has 1 aliphatic rings. The molecule has 130 valence electrons. The summed E-state index contributed by atoms with van der Waals surface area (Å²) < 4.78 is 7.03. The molecule has 0 aromatic carbocycles. The molecule has 0 unspecified atom stereocenters. The first-order valence-corrected chi connectivity index (χ1v) is 12.4. The monoisotopic (exact) mass is 359 g/mol. The molecule has 4 atom stereocenters. The number of aliphatic hydroxyl groups is 2. The highest BCUT2D eigenvalue weighted by molar-refractivity contribution is 8.00. The van der Waals surface area contributed by atoms with Gasteiger partial charge in [-0.2, -0.15) is 16.7 Å². The Labute approximate surface area is 140 Å². The van der Waals surface area contributed by atoms with E-state index in [4.69, 9.17) is 10.5 Å². The number of nitrogen functional groups attached to an aromatic ring is 1. The van der Waals surface area contributed by atoms with Gasteiger partial charge >= 0.3 is 5.69 Å². The highest BCUT2D eigenvalue weighted by Gasteiger charge is 2.45. The van der Waals surface area contributed by atoms with E-state index >= 15 is 0 Å². The van der Waals surface area contributed by atoms with Crippen molar-refractivity contribution in [3.05, 3.63) is 22.7 Å². The first-order valence-electron chi connectivity index (χ1n) is 7.63. The molecule has 0 bridgehead atoms. The lowest BCUT2D eigenvalue weighted by molar-refractivity contribution is -0.0456. The van der Waals surface area contributed by atoms with Crippen LogP contribution in [0.25, 0.3) is 0 Å². The maximum Gasteiger partial charge on any atom is 0.351 e. The molecular formula is C14H25N3O4SSi. The largest absolute Gasteiger partial charge is 0.394 e. The summed E-state index contributed by atoms with van der Waals surface area (Å²) in [6.45, 7) is 6.58. The predicted octanol–water partition coefficient (Wildman–Crippen LogP) is 0.516. The molecule has 1 aliphatic heterocycles. The van der Waals surface area contributed by atoms with E-state index in [1.54, 1.807) is 11.8 Å². The summed E-state index contributed by atoms with van der Waals surface area (Å²) >= 11 is 1.58. The van der Waals surface area contributed by atoms with E-state index < -0.39 is 32.2 Å². The summed E-state index contributed by atoms with van der Waals surface area (Å²) in [5, 5.41) is 19.4. The first-order chi connectivity index (χ1) is 10.7. The number of aromatic nitrogens is 2. The molecule has 0 spiro atoms. The molecule has 0 amide bonds. The molecule has 1 fully saturated rings. The first kappa shape index (κ1) is 18.5. The van der Waals surface area contributed by atoms with Gasteiger partial charge in [-0.05, 0) is 17.9 Å². The van der Waals surface area contributed by atoms with Crippen LogP contribution in [0.4, 0.5) is 5.82 Å². The van der Waals surface area contributed by atoms with Gasteiger partial charge < -0.3 is 20.7 Å². The van der Waals surface area contributed by atoms with Crippen molar-refractivity contribution in [2.75, 3.05) is 18.1 Å². The van der Waals surface area contributed by atoms with Gasteiger partial charge in [0.05, 0.1) is 18.0 Å². The van der Waals surface area contributed by atoms with Crippen molar-refractivity contribution < 1.29 is 14.9 Å². The van der Waals surface area contributed by atoms with Gasteiger partial charge in [-0.15, -0.1) is 0 Å². The van der Waals surface area contributed by atoms with Crippen LogP contribution in [0.15, 0.2) is 17.1 Å². The number of anilines is 1. The van der Waals surface area contributed by atoms with E-state index in [1.807, 2.05) is 0 Å². The normalized spacial score (nSPS) is 28.2. The van der Waals surface area contributed by atoms with Crippen LogP contribution >= 0.6 is 11.8 Å². The fourth-order valence-corrected chi connectivity index (χ4v) is 6.32. The van der Waals surface area contributed by atoms with Crippen LogP contribution in [-0.2, 0) is 4.74 Å². The predicted molar refractivity (Wildman–Crippen MR) is 94.3 cm³/mol. The Balaban J connectivity index is 2.19. The number of hydrogen-bond donors (Lipinski definition) is 3. The number of rotatable bonds is 6. The molecule has 0 saturated carbocycles. The Kier molecular flexibility index (Phi) is 5.90. The molecule has 2 heterocycles. The molecule has 7 nitrogen and oxygen atoms in total. The number of nitrogens with zero attached hydrogens (tertiary/aromatic N) is 2. The quantitative estimate of drug-likeness (QED) is 0.635. The number of ether oxygens (including phenoxy) is 1. The van der Waals surface area contributed by atoms with Crippen molar-refractivity contribution >= 4 is 25.7 Å². The zero-order chi connectivity index (χ0) is 17.2. The van der Waals surface area contributed by atoms with Crippen molar-refractivity contribution in [1.82, 2.24) is 9.55 Å². The molecule has 9 heteroatoms. The summed E-state index contributed by atoms with van der Waals surface area (Å²) in [4.78, 5) is 15.8. The summed E-state index contributed by atoms with van der Waals surface area (Å²) in [6, 6.07) is 2.62. The minimum Gasteiger partial charge on any atom is -0.394 e. The van der Waals surface area contributed by atoms with Gasteiger partial charge in [0, 0.05) is 14.3 Å². The van der Waals surface area contributed by atoms with E-state index in [-0.39, 0.29) is 17.7 Å². The van der Waals surface area contributed by atoms with Crippen LogP contribution < -0.4 is 11.4 Å². The third kappa shape index (κ3) is 4.57. The number of aliphatic hydroxyl groups excluding tert-OH is 2. The highest BCUT2D eigenvalue weighted by atomic mass is 32.2. The zero-order valence-electron chi connectivity index (χ0n) is 13.7. The van der Waals surface area contributed by atoms with Crippen LogP contribution in [0.5, 0.6) is 0 Å². The Bertz CT molecular complexity index is 592. The van der Waals surface area contributed by atoms with Crippen molar-refractivity contribution in [3.63, 3.8) is 0 Å². The molecule has 2 rings (SSSR count). The van der Waals surface area contributed by atoms with Gasteiger partial charge in [-0.25, -0.2) is 4.79 Å². The maximum absolute atomic E-state index is 12.1. The van der Waals surface area contributed by atoms with Crippen LogP contribution in [0.3, 0.4) is 0 Å². The average molecular weight is 360 g/mol. The Morgan fingerprint density at radius 1 is 1.48 bits per heavy atom. The van der Waals surface area contributed by atoms with Gasteiger partial charge in [0.25, 0.3) is 0 Å². The zero-order valence-corrected chi connectivity index (χ0v) is 15.5. The molecule has 1 aromatic heterocycles. The lowest BCUT2D eigenvalue weighted by Gasteiger charge is -2.23. The van der Waals surface area contributed by atoms with Gasteiger partial charge in [-0.1, -0.05) is 19.6 Å². The van der Waals surface area contributed by atoms with Crippen LogP contribution in [0, 0.1) is 0 Å². The fourth-order valence-electron chi connectivity index (χ4n) is 2.39. The standard InChI is InChI=1S/C14H25N3O4SSi/c1-23(2,3)7-6-22-12-11(19)9(8-18)21-13(12)17-5-4-10(15)16-14(17)20/h4-5,9,11-13,18-19H,6-8H2,1-3H3,(H2,15,16,20)/t9-,11-,12-,13-/m1/s1. The molecule has 4 N–H and O–H groups in total. The Morgan fingerprint density at radius 3 is 2.74 bits per heavy atom. The average Bonchev–Trinajstić information content (AvgIpc) is 2.75. The third-order valence-corrected chi connectivity index (χ3v) is 7.23. The van der Waals surface area contributed by atoms with E-state index in [0.717, 1.165) is 11.8 Å². The molecular weight excluding hydrogens is 334 g/mol. The topological polar surface area (TPSA) is 111 Å². The third-order valence-electron chi connectivity index (χ3n) is 3.78. The fraction of sp³-hybridized carbons (Fsp3) is 0.714.